The summed E-state index contributed by atoms with van der Waals surface area (Å²) in [7, 11) is 0. The van der Waals surface area contributed by atoms with Gasteiger partial charge in [-0.2, -0.15) is 0 Å². The van der Waals surface area contributed by atoms with Crippen LogP contribution in [0.3, 0.4) is 0 Å². The molecule has 0 unspecified atom stereocenters. The number of rotatable bonds is 7. The van der Waals surface area contributed by atoms with Crippen molar-refractivity contribution in [2.75, 3.05) is 5.32 Å². The molecule has 0 atom stereocenters. The molecule has 0 heterocycles. The molecule has 2 amide bonds. The summed E-state index contributed by atoms with van der Waals surface area (Å²) in [6, 6.07) is 21.2. The van der Waals surface area contributed by atoms with E-state index < -0.39 is 5.97 Å². The van der Waals surface area contributed by atoms with Crippen LogP contribution in [0.2, 0.25) is 0 Å². The number of nitrogens with one attached hydrogen (secondary N) is 2. The van der Waals surface area contributed by atoms with E-state index in [4.69, 9.17) is 4.74 Å². The highest BCUT2D eigenvalue weighted by Crippen LogP contribution is 2.17. The van der Waals surface area contributed by atoms with E-state index in [1.807, 2.05) is 42.5 Å². The van der Waals surface area contributed by atoms with Gasteiger partial charge in [-0.15, -0.1) is 0 Å². The highest BCUT2D eigenvalue weighted by molar-refractivity contribution is 9.10. The second kappa shape index (κ2) is 11.1. The first-order valence-electron chi connectivity index (χ1n) is 9.80. The normalized spacial score (nSPS) is 10.6. The Kier molecular flexibility index (Phi) is 7.94. The lowest BCUT2D eigenvalue weighted by atomic mass is 10.1. The molecule has 0 radical (unpaired) electrons. The largest absolute Gasteiger partial charge is 0.427 e. The fourth-order valence-corrected chi connectivity index (χ4v) is 3.31. The topological polar surface area (TPSA) is 84.5 Å². The van der Waals surface area contributed by atoms with Gasteiger partial charge in [0.1, 0.15) is 5.75 Å². The molecule has 0 saturated carbocycles. The van der Waals surface area contributed by atoms with Gasteiger partial charge in [0, 0.05) is 35.3 Å². The van der Waals surface area contributed by atoms with E-state index in [1.54, 1.807) is 30.3 Å². The Hall–Kier alpha value is -3.71. The van der Waals surface area contributed by atoms with Gasteiger partial charge in [0.15, 0.2) is 0 Å². The first kappa shape index (κ1) is 23.0. The molecule has 3 rings (SSSR count). The third-order valence-corrected chi connectivity index (χ3v) is 4.84. The minimum absolute atomic E-state index is 0.211. The summed E-state index contributed by atoms with van der Waals surface area (Å²) in [5, 5.41) is 5.66. The minimum Gasteiger partial charge on any atom is -0.427 e. The number of ether oxygens (including phenoxy) is 1. The average molecular weight is 493 g/mol. The first-order valence-corrected chi connectivity index (χ1v) is 10.6. The zero-order valence-electron chi connectivity index (χ0n) is 17.3. The highest BCUT2D eigenvalue weighted by Gasteiger charge is 2.10. The number of hydrogen-bond acceptors (Lipinski definition) is 4. The molecule has 0 aromatic heterocycles. The van der Waals surface area contributed by atoms with Gasteiger partial charge in [0.2, 0.25) is 5.91 Å². The quantitative estimate of drug-likeness (QED) is 0.277. The molecule has 0 fully saturated rings. The number of esters is 1. The number of amides is 2. The van der Waals surface area contributed by atoms with Crippen molar-refractivity contribution in [3.8, 4) is 5.75 Å². The van der Waals surface area contributed by atoms with Crippen LogP contribution < -0.4 is 15.4 Å². The summed E-state index contributed by atoms with van der Waals surface area (Å²) < 4.78 is 5.95. The Morgan fingerprint density at radius 1 is 0.969 bits per heavy atom. The number of hydrogen-bond donors (Lipinski definition) is 2. The van der Waals surface area contributed by atoms with E-state index in [0.29, 0.717) is 17.0 Å². The molecule has 0 bridgehead atoms. The second-order valence-corrected chi connectivity index (χ2v) is 7.75. The van der Waals surface area contributed by atoms with Gasteiger partial charge in [-0.1, -0.05) is 52.3 Å². The first-order chi connectivity index (χ1) is 15.4. The molecular weight excluding hydrogens is 472 g/mol. The van der Waals surface area contributed by atoms with Gasteiger partial charge in [-0.25, -0.2) is 0 Å². The summed E-state index contributed by atoms with van der Waals surface area (Å²) in [6.07, 6.45) is 3.18. The molecule has 32 heavy (non-hydrogen) atoms. The van der Waals surface area contributed by atoms with Gasteiger partial charge in [-0.05, 0) is 53.6 Å². The van der Waals surface area contributed by atoms with Crippen molar-refractivity contribution in [2.45, 2.75) is 13.5 Å². The standard InChI is InChI=1S/C25H21BrN2O4/c1-17(29)32-22-10-5-8-19(15-22)25(31)27-16-20-7-2-3-11-23(20)28-24(30)13-12-18-6-4-9-21(26)14-18/h2-15H,16H2,1H3,(H,27,31)(H,28,30)/b13-12+. The fourth-order valence-electron chi connectivity index (χ4n) is 2.90. The predicted molar refractivity (Wildman–Crippen MR) is 127 cm³/mol. The Morgan fingerprint density at radius 2 is 1.75 bits per heavy atom. The van der Waals surface area contributed by atoms with Crippen molar-refractivity contribution < 1.29 is 19.1 Å². The van der Waals surface area contributed by atoms with Crippen LogP contribution in [0.15, 0.2) is 83.3 Å². The Balaban J connectivity index is 1.63. The van der Waals surface area contributed by atoms with Crippen molar-refractivity contribution in [1.29, 1.82) is 0 Å². The molecule has 0 aliphatic rings. The average Bonchev–Trinajstić information content (AvgIpc) is 2.77. The SMILES string of the molecule is CC(=O)Oc1cccc(C(=O)NCc2ccccc2NC(=O)/C=C/c2cccc(Br)c2)c1. The van der Waals surface area contributed by atoms with E-state index in [1.165, 1.54) is 19.1 Å². The van der Waals surface area contributed by atoms with Crippen LogP contribution in [0.5, 0.6) is 5.75 Å². The van der Waals surface area contributed by atoms with Gasteiger partial charge >= 0.3 is 5.97 Å². The third kappa shape index (κ3) is 6.92. The molecule has 0 saturated heterocycles. The lowest BCUT2D eigenvalue weighted by Crippen LogP contribution is -2.23. The number of halogens is 1. The Morgan fingerprint density at radius 3 is 2.53 bits per heavy atom. The third-order valence-electron chi connectivity index (χ3n) is 4.35. The molecule has 0 aliphatic heterocycles. The summed E-state index contributed by atoms with van der Waals surface area (Å²) in [4.78, 5) is 36.0. The zero-order valence-corrected chi connectivity index (χ0v) is 18.9. The Bertz CT molecular complexity index is 1170. The molecule has 3 aromatic rings. The number of carbonyl (C=O) groups excluding carboxylic acids is 3. The monoisotopic (exact) mass is 492 g/mol. The highest BCUT2D eigenvalue weighted by atomic mass is 79.9. The smallest absolute Gasteiger partial charge is 0.308 e. The maximum Gasteiger partial charge on any atom is 0.308 e. The van der Waals surface area contributed by atoms with E-state index in [9.17, 15) is 14.4 Å². The fraction of sp³-hybridized carbons (Fsp3) is 0.0800. The van der Waals surface area contributed by atoms with Crippen LogP contribution in [-0.2, 0) is 16.1 Å². The van der Waals surface area contributed by atoms with Gasteiger partial charge in [-0.3, -0.25) is 14.4 Å². The Labute approximate surface area is 194 Å². The number of para-hydroxylation sites is 1. The van der Waals surface area contributed by atoms with Crippen LogP contribution >= 0.6 is 15.9 Å². The lowest BCUT2D eigenvalue weighted by Gasteiger charge is -2.11. The molecular formula is C25H21BrN2O4. The molecule has 2 N–H and O–H groups in total. The van der Waals surface area contributed by atoms with Crippen LogP contribution in [0, 0.1) is 0 Å². The summed E-state index contributed by atoms with van der Waals surface area (Å²) in [5.74, 6) is -0.760. The van der Waals surface area contributed by atoms with Crippen LogP contribution in [0.4, 0.5) is 5.69 Å². The molecule has 7 heteroatoms. The zero-order chi connectivity index (χ0) is 22.9. The van der Waals surface area contributed by atoms with E-state index in [0.717, 1.165) is 15.6 Å². The van der Waals surface area contributed by atoms with E-state index in [-0.39, 0.29) is 18.4 Å². The second-order valence-electron chi connectivity index (χ2n) is 6.84. The number of carbonyl (C=O) groups is 3. The molecule has 162 valence electrons. The minimum atomic E-state index is -0.457. The van der Waals surface area contributed by atoms with Crippen molar-refractivity contribution >= 4 is 45.5 Å². The maximum absolute atomic E-state index is 12.5. The molecule has 3 aromatic carbocycles. The van der Waals surface area contributed by atoms with Crippen molar-refractivity contribution in [1.82, 2.24) is 5.32 Å². The number of benzene rings is 3. The van der Waals surface area contributed by atoms with E-state index >= 15 is 0 Å². The number of anilines is 1. The summed E-state index contributed by atoms with van der Waals surface area (Å²) >= 11 is 3.40. The summed E-state index contributed by atoms with van der Waals surface area (Å²) in [5.41, 5.74) is 2.61. The lowest BCUT2D eigenvalue weighted by molar-refractivity contribution is -0.131. The van der Waals surface area contributed by atoms with Crippen molar-refractivity contribution in [3.05, 3.63) is 100 Å². The summed E-state index contributed by atoms with van der Waals surface area (Å²) in [6.45, 7) is 1.51. The van der Waals surface area contributed by atoms with Gasteiger partial charge in [0.05, 0.1) is 0 Å². The molecule has 0 spiro atoms. The van der Waals surface area contributed by atoms with Crippen molar-refractivity contribution in [3.63, 3.8) is 0 Å². The van der Waals surface area contributed by atoms with Crippen LogP contribution in [0.1, 0.15) is 28.4 Å². The maximum atomic E-state index is 12.5. The van der Waals surface area contributed by atoms with Gasteiger partial charge in [0.25, 0.3) is 5.91 Å². The van der Waals surface area contributed by atoms with Crippen LogP contribution in [-0.4, -0.2) is 17.8 Å². The van der Waals surface area contributed by atoms with Crippen LogP contribution in [0.25, 0.3) is 6.08 Å². The van der Waals surface area contributed by atoms with Crippen molar-refractivity contribution in [2.24, 2.45) is 0 Å². The molecule has 6 nitrogen and oxygen atoms in total. The van der Waals surface area contributed by atoms with Gasteiger partial charge < -0.3 is 15.4 Å². The van der Waals surface area contributed by atoms with E-state index in [2.05, 4.69) is 26.6 Å². The molecule has 0 aliphatic carbocycles. The predicted octanol–water partition coefficient (Wildman–Crippen LogP) is 4.96.